The molecule has 1 aromatic heterocycles. The van der Waals surface area contributed by atoms with E-state index in [4.69, 9.17) is 9.72 Å². The molecule has 5 rings (SSSR count). The van der Waals surface area contributed by atoms with Crippen molar-refractivity contribution in [3.05, 3.63) is 95.6 Å². The Kier molecular flexibility index (Phi) is 5.78. The lowest BCUT2D eigenvalue weighted by atomic mass is 9.95. The second kappa shape index (κ2) is 9.00. The van der Waals surface area contributed by atoms with Crippen LogP contribution in [0.3, 0.4) is 0 Å². The van der Waals surface area contributed by atoms with Crippen LogP contribution in [0.2, 0.25) is 0 Å². The number of ether oxygens (including phenoxy) is 1. The predicted octanol–water partition coefficient (Wildman–Crippen LogP) is 5.58. The van der Waals surface area contributed by atoms with E-state index in [9.17, 15) is 4.79 Å². The molecule has 4 aromatic rings. The van der Waals surface area contributed by atoms with Crippen molar-refractivity contribution in [2.75, 3.05) is 18.1 Å². The number of aromatic nitrogens is 1. The van der Waals surface area contributed by atoms with Crippen LogP contribution in [-0.2, 0) is 22.4 Å². The summed E-state index contributed by atoms with van der Waals surface area (Å²) in [7, 11) is 0. The SMILES string of the molecule is O=C(CC1OCCc2ccccc21)N(CCc1ccccc1)c1nc2ccccc2s1. The maximum absolute atomic E-state index is 13.5. The molecule has 1 amide bonds. The summed E-state index contributed by atoms with van der Waals surface area (Å²) < 4.78 is 7.11. The number of hydrogen-bond donors (Lipinski definition) is 0. The van der Waals surface area contributed by atoms with Gasteiger partial charge in [0.15, 0.2) is 5.13 Å². The van der Waals surface area contributed by atoms with E-state index in [1.54, 1.807) is 11.3 Å². The van der Waals surface area contributed by atoms with Gasteiger partial charge in [-0.3, -0.25) is 9.69 Å². The van der Waals surface area contributed by atoms with Crippen LogP contribution in [-0.4, -0.2) is 24.0 Å². The monoisotopic (exact) mass is 428 g/mol. The van der Waals surface area contributed by atoms with Crippen LogP contribution >= 0.6 is 11.3 Å². The highest BCUT2D eigenvalue weighted by Crippen LogP contribution is 2.33. The van der Waals surface area contributed by atoms with E-state index < -0.39 is 0 Å². The summed E-state index contributed by atoms with van der Waals surface area (Å²) in [6, 6.07) is 26.6. The van der Waals surface area contributed by atoms with E-state index in [-0.39, 0.29) is 12.0 Å². The highest BCUT2D eigenvalue weighted by atomic mass is 32.1. The van der Waals surface area contributed by atoms with Crippen molar-refractivity contribution in [2.45, 2.75) is 25.4 Å². The van der Waals surface area contributed by atoms with Gasteiger partial charge in [0.1, 0.15) is 0 Å². The van der Waals surface area contributed by atoms with Crippen LogP contribution in [0.4, 0.5) is 5.13 Å². The van der Waals surface area contributed by atoms with Crippen LogP contribution in [0.1, 0.15) is 29.2 Å². The molecular formula is C26H24N2O2S. The van der Waals surface area contributed by atoms with Crippen molar-refractivity contribution in [2.24, 2.45) is 0 Å². The van der Waals surface area contributed by atoms with Gasteiger partial charge < -0.3 is 4.74 Å². The Labute approximate surface area is 186 Å². The molecule has 0 N–H and O–H groups in total. The number of carbonyl (C=O) groups excluding carboxylic acids is 1. The van der Waals surface area contributed by atoms with Crippen molar-refractivity contribution < 1.29 is 9.53 Å². The molecule has 0 spiro atoms. The first-order chi connectivity index (χ1) is 15.3. The highest BCUT2D eigenvalue weighted by Gasteiger charge is 2.27. The molecule has 2 heterocycles. The minimum atomic E-state index is -0.203. The van der Waals surface area contributed by atoms with Crippen LogP contribution in [0.25, 0.3) is 10.2 Å². The van der Waals surface area contributed by atoms with Gasteiger partial charge >= 0.3 is 0 Å². The van der Waals surface area contributed by atoms with Gasteiger partial charge in [-0.2, -0.15) is 0 Å². The third-order valence-electron chi connectivity index (χ3n) is 5.73. The Bertz CT molecular complexity index is 1160. The van der Waals surface area contributed by atoms with E-state index >= 15 is 0 Å². The second-order valence-corrected chi connectivity index (χ2v) is 8.77. The first-order valence-electron chi connectivity index (χ1n) is 10.7. The Morgan fingerprint density at radius 1 is 1.00 bits per heavy atom. The zero-order valence-electron chi connectivity index (χ0n) is 17.2. The van der Waals surface area contributed by atoms with Gasteiger partial charge in [0.05, 0.1) is 29.3 Å². The number of hydrogen-bond acceptors (Lipinski definition) is 4. The summed E-state index contributed by atoms with van der Waals surface area (Å²) in [5.41, 5.74) is 4.55. The molecular weight excluding hydrogens is 404 g/mol. The predicted molar refractivity (Wildman–Crippen MR) is 126 cm³/mol. The number of thiazole rings is 1. The fraction of sp³-hybridized carbons (Fsp3) is 0.231. The molecule has 0 aliphatic carbocycles. The normalized spacial score (nSPS) is 15.5. The Balaban J connectivity index is 1.41. The quantitative estimate of drug-likeness (QED) is 0.403. The van der Waals surface area contributed by atoms with Crippen LogP contribution < -0.4 is 4.90 Å². The second-order valence-electron chi connectivity index (χ2n) is 7.76. The molecule has 4 nitrogen and oxygen atoms in total. The molecule has 0 bridgehead atoms. The average molecular weight is 429 g/mol. The first-order valence-corrected chi connectivity index (χ1v) is 11.5. The van der Waals surface area contributed by atoms with Gasteiger partial charge in [-0.25, -0.2) is 4.98 Å². The van der Waals surface area contributed by atoms with Crippen molar-refractivity contribution >= 4 is 32.6 Å². The van der Waals surface area contributed by atoms with Crippen LogP contribution in [0.5, 0.6) is 0 Å². The Morgan fingerprint density at radius 3 is 2.65 bits per heavy atom. The third kappa shape index (κ3) is 4.38. The molecule has 0 saturated heterocycles. The average Bonchev–Trinajstić information content (AvgIpc) is 3.24. The first kappa shape index (κ1) is 19.9. The molecule has 1 unspecified atom stereocenters. The molecule has 5 heteroatoms. The van der Waals surface area contributed by atoms with Gasteiger partial charge in [0.25, 0.3) is 0 Å². The smallest absolute Gasteiger partial charge is 0.231 e. The molecule has 156 valence electrons. The van der Waals surface area contributed by atoms with Crippen molar-refractivity contribution in [1.82, 2.24) is 4.98 Å². The fourth-order valence-electron chi connectivity index (χ4n) is 4.10. The molecule has 1 aliphatic rings. The number of carbonyl (C=O) groups is 1. The molecule has 31 heavy (non-hydrogen) atoms. The zero-order valence-corrected chi connectivity index (χ0v) is 18.1. The minimum Gasteiger partial charge on any atom is -0.373 e. The van der Waals surface area contributed by atoms with Crippen LogP contribution in [0.15, 0.2) is 78.9 Å². The maximum atomic E-state index is 13.5. The summed E-state index contributed by atoms with van der Waals surface area (Å²) in [4.78, 5) is 20.1. The third-order valence-corrected chi connectivity index (χ3v) is 6.79. The summed E-state index contributed by atoms with van der Waals surface area (Å²) in [6.45, 7) is 1.25. The Hall–Kier alpha value is -3.02. The number of benzene rings is 3. The number of nitrogens with zero attached hydrogens (tertiary/aromatic N) is 2. The molecule has 3 aromatic carbocycles. The summed E-state index contributed by atoms with van der Waals surface area (Å²) in [5, 5.41) is 0.756. The van der Waals surface area contributed by atoms with Gasteiger partial charge in [-0.15, -0.1) is 0 Å². The molecule has 1 aliphatic heterocycles. The van der Waals surface area contributed by atoms with E-state index in [2.05, 4.69) is 36.4 Å². The number of fused-ring (bicyclic) bond motifs is 2. The largest absolute Gasteiger partial charge is 0.373 e. The summed E-state index contributed by atoms with van der Waals surface area (Å²) >= 11 is 1.57. The number of amides is 1. The zero-order chi connectivity index (χ0) is 21.0. The number of para-hydroxylation sites is 1. The lowest BCUT2D eigenvalue weighted by Gasteiger charge is -2.28. The molecule has 1 atom stereocenters. The van der Waals surface area contributed by atoms with Gasteiger partial charge in [-0.05, 0) is 41.7 Å². The van der Waals surface area contributed by atoms with Crippen molar-refractivity contribution in [3.63, 3.8) is 0 Å². The summed E-state index contributed by atoms with van der Waals surface area (Å²) in [6.07, 6.45) is 1.80. The lowest BCUT2D eigenvalue weighted by molar-refractivity contribution is -0.121. The molecule has 0 saturated carbocycles. The van der Waals surface area contributed by atoms with Crippen molar-refractivity contribution in [3.8, 4) is 0 Å². The number of rotatable bonds is 6. The van der Waals surface area contributed by atoms with Crippen LogP contribution in [0, 0.1) is 0 Å². The summed E-state index contributed by atoms with van der Waals surface area (Å²) in [5.74, 6) is 0.0525. The topological polar surface area (TPSA) is 42.4 Å². The van der Waals surface area contributed by atoms with Gasteiger partial charge in [-0.1, -0.05) is 78.1 Å². The Morgan fingerprint density at radius 2 is 1.77 bits per heavy atom. The van der Waals surface area contributed by atoms with E-state index in [0.717, 1.165) is 33.8 Å². The van der Waals surface area contributed by atoms with E-state index in [1.165, 1.54) is 11.1 Å². The van der Waals surface area contributed by atoms with Gasteiger partial charge in [0.2, 0.25) is 5.91 Å². The van der Waals surface area contributed by atoms with Crippen molar-refractivity contribution in [1.29, 1.82) is 0 Å². The highest BCUT2D eigenvalue weighted by molar-refractivity contribution is 7.22. The van der Waals surface area contributed by atoms with E-state index in [0.29, 0.717) is 19.6 Å². The molecule has 0 fully saturated rings. The number of anilines is 1. The lowest BCUT2D eigenvalue weighted by Crippen LogP contribution is -2.34. The van der Waals surface area contributed by atoms with Gasteiger partial charge in [0, 0.05) is 6.54 Å². The molecule has 0 radical (unpaired) electrons. The van der Waals surface area contributed by atoms with E-state index in [1.807, 2.05) is 47.4 Å². The minimum absolute atomic E-state index is 0.0525. The maximum Gasteiger partial charge on any atom is 0.231 e. The standard InChI is InChI=1S/C26H24N2O2S/c29-25(18-23-21-11-5-4-10-20(21)15-17-30-23)28(16-14-19-8-2-1-3-9-19)26-27-22-12-6-7-13-24(22)31-26/h1-13,23H,14-18H2. The fourth-order valence-corrected chi connectivity index (χ4v) is 5.11.